The summed E-state index contributed by atoms with van der Waals surface area (Å²) >= 11 is 1.14. The Labute approximate surface area is 144 Å². The second kappa shape index (κ2) is 8.02. The summed E-state index contributed by atoms with van der Waals surface area (Å²) in [5.41, 5.74) is 0. The molecule has 1 N–H and O–H groups in total. The van der Waals surface area contributed by atoms with Gasteiger partial charge in [-0.05, 0) is 17.6 Å². The molecule has 2 aromatic heterocycles. The van der Waals surface area contributed by atoms with Crippen molar-refractivity contribution in [1.82, 2.24) is 24.6 Å². The highest BCUT2D eigenvalue weighted by molar-refractivity contribution is 7.08. The van der Waals surface area contributed by atoms with Gasteiger partial charge < -0.3 is 15.0 Å². The SMILES string of the molecule is COc1cc(C(=O)NCCN2CCN(c3ncccn3)CC2)sn1. The van der Waals surface area contributed by atoms with Gasteiger partial charge in [0, 0.05) is 57.7 Å². The van der Waals surface area contributed by atoms with E-state index in [0.717, 1.165) is 50.2 Å². The van der Waals surface area contributed by atoms with Gasteiger partial charge in [0.1, 0.15) is 4.88 Å². The number of carbonyl (C=O) groups is 1. The monoisotopic (exact) mass is 348 g/mol. The molecule has 1 aliphatic heterocycles. The van der Waals surface area contributed by atoms with Crippen LogP contribution in [0.3, 0.4) is 0 Å². The summed E-state index contributed by atoms with van der Waals surface area (Å²) in [6.07, 6.45) is 3.53. The zero-order valence-corrected chi connectivity index (χ0v) is 14.3. The fourth-order valence-electron chi connectivity index (χ4n) is 2.50. The average molecular weight is 348 g/mol. The van der Waals surface area contributed by atoms with E-state index in [2.05, 4.69) is 29.5 Å². The van der Waals surface area contributed by atoms with E-state index in [9.17, 15) is 4.79 Å². The van der Waals surface area contributed by atoms with Crippen molar-refractivity contribution in [3.63, 3.8) is 0 Å². The summed E-state index contributed by atoms with van der Waals surface area (Å²) in [5, 5.41) is 2.92. The van der Waals surface area contributed by atoms with Crippen LogP contribution in [0.1, 0.15) is 9.67 Å². The number of hydrogen-bond acceptors (Lipinski definition) is 8. The number of nitrogens with zero attached hydrogens (tertiary/aromatic N) is 5. The Morgan fingerprint density at radius 3 is 2.71 bits per heavy atom. The quantitative estimate of drug-likeness (QED) is 0.813. The molecule has 2 aromatic rings. The Balaban J connectivity index is 1.38. The standard InChI is InChI=1S/C15H20N6O2S/c1-23-13-11-12(24-19-13)14(22)16-5-6-20-7-9-21(10-8-20)15-17-3-2-4-18-15/h2-4,11H,5-10H2,1H3,(H,16,22). The fourth-order valence-corrected chi connectivity index (χ4v) is 3.13. The van der Waals surface area contributed by atoms with Crippen molar-refractivity contribution in [1.29, 1.82) is 0 Å². The minimum Gasteiger partial charge on any atom is -0.480 e. The van der Waals surface area contributed by atoms with Crippen molar-refractivity contribution < 1.29 is 9.53 Å². The molecule has 8 nitrogen and oxygen atoms in total. The van der Waals surface area contributed by atoms with E-state index < -0.39 is 0 Å². The number of ether oxygens (including phenoxy) is 1. The highest BCUT2D eigenvalue weighted by Crippen LogP contribution is 2.15. The number of piperazine rings is 1. The normalized spacial score (nSPS) is 15.3. The van der Waals surface area contributed by atoms with Crippen LogP contribution in [0.25, 0.3) is 0 Å². The van der Waals surface area contributed by atoms with Gasteiger partial charge in [-0.15, -0.1) is 0 Å². The van der Waals surface area contributed by atoms with Crippen molar-refractivity contribution in [3.8, 4) is 5.88 Å². The van der Waals surface area contributed by atoms with Crippen LogP contribution >= 0.6 is 11.5 Å². The maximum atomic E-state index is 12.0. The average Bonchev–Trinajstić information content (AvgIpc) is 3.12. The van der Waals surface area contributed by atoms with Gasteiger partial charge in [0.25, 0.3) is 5.91 Å². The molecular formula is C15H20N6O2S. The van der Waals surface area contributed by atoms with Crippen LogP contribution in [0.4, 0.5) is 5.95 Å². The Kier molecular flexibility index (Phi) is 5.55. The molecule has 128 valence electrons. The second-order valence-corrected chi connectivity index (χ2v) is 6.17. The van der Waals surface area contributed by atoms with E-state index in [1.165, 1.54) is 7.11 Å². The van der Waals surface area contributed by atoms with Crippen molar-refractivity contribution in [2.24, 2.45) is 0 Å². The third kappa shape index (κ3) is 4.18. The van der Waals surface area contributed by atoms with E-state index >= 15 is 0 Å². The zero-order valence-electron chi connectivity index (χ0n) is 13.5. The molecule has 0 saturated carbocycles. The summed E-state index contributed by atoms with van der Waals surface area (Å²) in [5.74, 6) is 1.15. The smallest absolute Gasteiger partial charge is 0.263 e. The number of rotatable bonds is 6. The fraction of sp³-hybridized carbons (Fsp3) is 0.467. The largest absolute Gasteiger partial charge is 0.480 e. The van der Waals surface area contributed by atoms with E-state index in [1.54, 1.807) is 18.5 Å². The van der Waals surface area contributed by atoms with Crippen LogP contribution in [0, 0.1) is 0 Å². The van der Waals surface area contributed by atoms with Gasteiger partial charge in [0.2, 0.25) is 11.8 Å². The summed E-state index contributed by atoms with van der Waals surface area (Å²) in [4.78, 5) is 25.6. The number of nitrogens with one attached hydrogen (secondary N) is 1. The number of amides is 1. The Bertz CT molecular complexity index is 657. The molecule has 1 aliphatic rings. The highest BCUT2D eigenvalue weighted by Gasteiger charge is 2.18. The predicted octanol–water partition coefficient (Wildman–Crippen LogP) is 0.494. The van der Waals surface area contributed by atoms with E-state index in [-0.39, 0.29) is 5.91 Å². The molecule has 0 unspecified atom stereocenters. The molecule has 1 amide bonds. The number of hydrogen-bond donors (Lipinski definition) is 1. The van der Waals surface area contributed by atoms with Gasteiger partial charge in [-0.25, -0.2) is 9.97 Å². The van der Waals surface area contributed by atoms with Crippen LogP contribution in [-0.2, 0) is 0 Å². The van der Waals surface area contributed by atoms with Gasteiger partial charge in [0.05, 0.1) is 7.11 Å². The molecule has 24 heavy (non-hydrogen) atoms. The van der Waals surface area contributed by atoms with Crippen LogP contribution in [0.15, 0.2) is 24.5 Å². The Morgan fingerprint density at radius 2 is 2.04 bits per heavy atom. The van der Waals surface area contributed by atoms with E-state index in [0.29, 0.717) is 17.3 Å². The van der Waals surface area contributed by atoms with Crippen molar-refractivity contribution in [3.05, 3.63) is 29.4 Å². The minimum atomic E-state index is -0.105. The van der Waals surface area contributed by atoms with Gasteiger partial charge >= 0.3 is 0 Å². The molecule has 3 heterocycles. The summed E-state index contributed by atoms with van der Waals surface area (Å²) in [6, 6.07) is 3.47. The van der Waals surface area contributed by atoms with Crippen LogP contribution in [0.2, 0.25) is 0 Å². The molecule has 3 rings (SSSR count). The molecule has 0 aromatic carbocycles. The first kappa shape index (κ1) is 16.6. The maximum Gasteiger partial charge on any atom is 0.263 e. The summed E-state index contributed by atoms with van der Waals surface area (Å²) < 4.78 is 9.01. The number of aromatic nitrogens is 3. The molecule has 9 heteroatoms. The third-order valence-electron chi connectivity index (χ3n) is 3.84. The van der Waals surface area contributed by atoms with Gasteiger partial charge in [-0.1, -0.05) is 0 Å². The van der Waals surface area contributed by atoms with E-state index in [4.69, 9.17) is 4.74 Å². The third-order valence-corrected chi connectivity index (χ3v) is 4.61. The van der Waals surface area contributed by atoms with Gasteiger partial charge in [0.15, 0.2) is 0 Å². The lowest BCUT2D eigenvalue weighted by molar-refractivity contribution is 0.0951. The van der Waals surface area contributed by atoms with Gasteiger partial charge in [-0.2, -0.15) is 4.37 Å². The second-order valence-electron chi connectivity index (χ2n) is 5.37. The molecular weight excluding hydrogens is 328 g/mol. The molecule has 1 fully saturated rings. The van der Waals surface area contributed by atoms with E-state index in [1.807, 2.05) is 6.07 Å². The first-order valence-corrected chi connectivity index (χ1v) is 8.57. The highest BCUT2D eigenvalue weighted by atomic mass is 32.1. The first-order valence-electron chi connectivity index (χ1n) is 7.79. The van der Waals surface area contributed by atoms with Crippen LogP contribution in [-0.4, -0.2) is 71.5 Å². The molecule has 0 atom stereocenters. The minimum absolute atomic E-state index is 0.105. The van der Waals surface area contributed by atoms with Crippen LogP contribution in [0.5, 0.6) is 5.88 Å². The number of carbonyl (C=O) groups excluding carboxylic acids is 1. The maximum absolute atomic E-state index is 12.0. The number of methoxy groups -OCH3 is 1. The van der Waals surface area contributed by atoms with Crippen LogP contribution < -0.4 is 15.0 Å². The Morgan fingerprint density at radius 1 is 1.29 bits per heavy atom. The topological polar surface area (TPSA) is 83.5 Å². The van der Waals surface area contributed by atoms with Crippen molar-refractivity contribution >= 4 is 23.4 Å². The van der Waals surface area contributed by atoms with Gasteiger partial charge in [-0.3, -0.25) is 9.69 Å². The van der Waals surface area contributed by atoms with Crippen molar-refractivity contribution in [2.45, 2.75) is 0 Å². The molecule has 0 radical (unpaired) electrons. The first-order chi connectivity index (χ1) is 11.8. The zero-order chi connectivity index (χ0) is 16.8. The van der Waals surface area contributed by atoms with Crippen molar-refractivity contribution in [2.75, 3.05) is 51.3 Å². The molecule has 1 saturated heterocycles. The lowest BCUT2D eigenvalue weighted by Gasteiger charge is -2.34. The molecule has 0 spiro atoms. The summed E-state index contributed by atoms with van der Waals surface area (Å²) in [6.45, 7) is 5.09. The lowest BCUT2D eigenvalue weighted by atomic mass is 10.3. The number of anilines is 1. The molecule has 0 aliphatic carbocycles. The summed E-state index contributed by atoms with van der Waals surface area (Å²) in [7, 11) is 1.54. The Hall–Kier alpha value is -2.26. The lowest BCUT2D eigenvalue weighted by Crippen LogP contribution is -2.48. The molecule has 0 bridgehead atoms. The predicted molar refractivity (Wildman–Crippen MR) is 91.7 cm³/mol.